The highest BCUT2D eigenvalue weighted by Gasteiger charge is 2.23. The summed E-state index contributed by atoms with van der Waals surface area (Å²) in [5, 5.41) is 1.17. The molecule has 0 amide bonds. The minimum Gasteiger partial charge on any atom is -0.368 e. The molecule has 1 atom stereocenters. The number of hydrogen-bond donors (Lipinski definition) is 1. The Kier molecular flexibility index (Phi) is 3.31. The van der Waals surface area contributed by atoms with Gasteiger partial charge in [0, 0.05) is 17.5 Å². The summed E-state index contributed by atoms with van der Waals surface area (Å²) in [7, 11) is 0. The summed E-state index contributed by atoms with van der Waals surface area (Å²) in [5.41, 5.74) is 5.89. The van der Waals surface area contributed by atoms with Crippen molar-refractivity contribution in [1.82, 2.24) is 9.97 Å². The van der Waals surface area contributed by atoms with Crippen LogP contribution in [-0.4, -0.2) is 22.6 Å². The van der Waals surface area contributed by atoms with E-state index < -0.39 is 0 Å². The lowest BCUT2D eigenvalue weighted by molar-refractivity contribution is 0.482. The van der Waals surface area contributed by atoms with Gasteiger partial charge in [0.1, 0.15) is 10.6 Å². The number of anilines is 2. The van der Waals surface area contributed by atoms with Crippen molar-refractivity contribution in [2.24, 2.45) is 0 Å². The average molecular weight is 276 g/mol. The molecule has 1 saturated heterocycles. The standard InChI is InChI=1S/C14H20N4S/c1-3-10-8-11-12(16-14(15)17-13(11)19-10)18-7-5-4-6-9(18)2/h8-9H,3-7H2,1-2H3,(H2,15,16,17). The molecule has 102 valence electrons. The molecule has 2 N–H and O–H groups in total. The fourth-order valence-corrected chi connectivity index (χ4v) is 3.75. The summed E-state index contributed by atoms with van der Waals surface area (Å²) in [6, 6.07) is 2.77. The molecule has 1 aliphatic heterocycles. The van der Waals surface area contributed by atoms with Crippen LogP contribution in [0.25, 0.3) is 10.2 Å². The number of piperidine rings is 1. The van der Waals surface area contributed by atoms with Crippen molar-refractivity contribution in [3.8, 4) is 0 Å². The van der Waals surface area contributed by atoms with Gasteiger partial charge in [-0.3, -0.25) is 0 Å². The van der Waals surface area contributed by atoms with Crippen molar-refractivity contribution in [3.63, 3.8) is 0 Å². The first-order valence-electron chi connectivity index (χ1n) is 7.01. The van der Waals surface area contributed by atoms with E-state index >= 15 is 0 Å². The predicted octanol–water partition coefficient (Wildman–Crippen LogP) is 3.21. The highest BCUT2D eigenvalue weighted by molar-refractivity contribution is 7.18. The van der Waals surface area contributed by atoms with Crippen molar-refractivity contribution in [3.05, 3.63) is 10.9 Å². The Labute approximate surface area is 117 Å². The summed E-state index contributed by atoms with van der Waals surface area (Å²) in [5.74, 6) is 1.43. The number of aromatic nitrogens is 2. The summed E-state index contributed by atoms with van der Waals surface area (Å²) in [4.78, 5) is 13.7. The van der Waals surface area contributed by atoms with Gasteiger partial charge in [-0.25, -0.2) is 4.98 Å². The van der Waals surface area contributed by atoms with Gasteiger partial charge in [-0.15, -0.1) is 11.3 Å². The smallest absolute Gasteiger partial charge is 0.223 e. The third kappa shape index (κ3) is 2.27. The number of fused-ring (bicyclic) bond motifs is 1. The van der Waals surface area contributed by atoms with Crippen LogP contribution in [0.2, 0.25) is 0 Å². The minimum atomic E-state index is 0.393. The average Bonchev–Trinajstić information content (AvgIpc) is 2.81. The lowest BCUT2D eigenvalue weighted by Crippen LogP contribution is -2.38. The molecule has 1 fully saturated rings. The molecule has 0 saturated carbocycles. The molecule has 1 unspecified atom stereocenters. The zero-order valence-electron chi connectivity index (χ0n) is 11.5. The summed E-state index contributed by atoms with van der Waals surface area (Å²) >= 11 is 1.73. The topological polar surface area (TPSA) is 55.0 Å². The van der Waals surface area contributed by atoms with Gasteiger partial charge in [-0.05, 0) is 38.7 Å². The van der Waals surface area contributed by atoms with Crippen LogP contribution in [0.15, 0.2) is 6.07 Å². The largest absolute Gasteiger partial charge is 0.368 e. The number of aryl methyl sites for hydroxylation is 1. The quantitative estimate of drug-likeness (QED) is 0.915. The number of nitrogen functional groups attached to an aromatic ring is 1. The molecular weight excluding hydrogens is 256 g/mol. The Hall–Kier alpha value is -1.36. The molecule has 0 aliphatic carbocycles. The SMILES string of the molecule is CCc1cc2c(N3CCCCC3C)nc(N)nc2s1. The van der Waals surface area contributed by atoms with Gasteiger partial charge < -0.3 is 10.6 Å². The number of nitrogens with zero attached hydrogens (tertiary/aromatic N) is 3. The second kappa shape index (κ2) is 4.96. The van der Waals surface area contributed by atoms with Crippen molar-refractivity contribution < 1.29 is 0 Å². The minimum absolute atomic E-state index is 0.393. The molecule has 5 heteroatoms. The highest BCUT2D eigenvalue weighted by atomic mass is 32.1. The van der Waals surface area contributed by atoms with E-state index in [1.54, 1.807) is 11.3 Å². The highest BCUT2D eigenvalue weighted by Crippen LogP contribution is 2.34. The molecule has 0 radical (unpaired) electrons. The number of thiophene rings is 1. The molecule has 19 heavy (non-hydrogen) atoms. The number of nitrogens with two attached hydrogens (primary N) is 1. The molecule has 3 heterocycles. The molecule has 4 nitrogen and oxygen atoms in total. The van der Waals surface area contributed by atoms with Crippen LogP contribution in [0.1, 0.15) is 38.0 Å². The van der Waals surface area contributed by atoms with Crippen LogP contribution in [0.3, 0.4) is 0 Å². The maximum atomic E-state index is 5.89. The van der Waals surface area contributed by atoms with Crippen LogP contribution >= 0.6 is 11.3 Å². The van der Waals surface area contributed by atoms with Crippen LogP contribution in [-0.2, 0) is 6.42 Å². The zero-order chi connectivity index (χ0) is 13.4. The molecule has 3 rings (SSSR count). The normalized spacial score (nSPS) is 20.1. The molecular formula is C14H20N4S. The van der Waals surface area contributed by atoms with Gasteiger partial charge in [-0.2, -0.15) is 4.98 Å². The van der Waals surface area contributed by atoms with Crippen molar-refractivity contribution >= 4 is 33.3 Å². The monoisotopic (exact) mass is 276 g/mol. The maximum absolute atomic E-state index is 5.89. The Bertz CT molecular complexity index is 592. The van der Waals surface area contributed by atoms with E-state index in [2.05, 4.69) is 34.8 Å². The van der Waals surface area contributed by atoms with Crippen LogP contribution < -0.4 is 10.6 Å². The van der Waals surface area contributed by atoms with E-state index in [0.717, 1.165) is 23.6 Å². The lowest BCUT2D eigenvalue weighted by atomic mass is 10.0. The first-order valence-corrected chi connectivity index (χ1v) is 7.83. The van der Waals surface area contributed by atoms with Gasteiger partial charge in [-0.1, -0.05) is 6.92 Å². The molecule has 0 spiro atoms. The van der Waals surface area contributed by atoms with E-state index in [-0.39, 0.29) is 0 Å². The first-order chi connectivity index (χ1) is 9.19. The van der Waals surface area contributed by atoms with Crippen LogP contribution in [0.4, 0.5) is 11.8 Å². The fourth-order valence-electron chi connectivity index (χ4n) is 2.78. The van der Waals surface area contributed by atoms with E-state index in [9.17, 15) is 0 Å². The molecule has 2 aromatic rings. The van der Waals surface area contributed by atoms with Crippen molar-refractivity contribution in [1.29, 1.82) is 0 Å². The second-order valence-electron chi connectivity index (χ2n) is 5.23. The summed E-state index contributed by atoms with van der Waals surface area (Å²) < 4.78 is 0. The van der Waals surface area contributed by atoms with Gasteiger partial charge in [0.15, 0.2) is 0 Å². The molecule has 0 aromatic carbocycles. The third-order valence-corrected chi connectivity index (χ3v) is 5.04. The first kappa shape index (κ1) is 12.7. The van der Waals surface area contributed by atoms with Crippen molar-refractivity contribution in [2.75, 3.05) is 17.2 Å². The van der Waals surface area contributed by atoms with Gasteiger partial charge >= 0.3 is 0 Å². The van der Waals surface area contributed by atoms with E-state index in [1.165, 1.54) is 29.5 Å². The molecule has 0 bridgehead atoms. The Morgan fingerprint density at radius 1 is 1.42 bits per heavy atom. The van der Waals surface area contributed by atoms with Gasteiger partial charge in [0.25, 0.3) is 0 Å². The zero-order valence-corrected chi connectivity index (χ0v) is 12.3. The fraction of sp³-hybridized carbons (Fsp3) is 0.571. The van der Waals surface area contributed by atoms with Crippen LogP contribution in [0, 0.1) is 0 Å². The van der Waals surface area contributed by atoms with Crippen LogP contribution in [0.5, 0.6) is 0 Å². The van der Waals surface area contributed by atoms with Crippen molar-refractivity contribution in [2.45, 2.75) is 45.6 Å². The Morgan fingerprint density at radius 2 is 2.26 bits per heavy atom. The number of hydrogen-bond acceptors (Lipinski definition) is 5. The Morgan fingerprint density at radius 3 is 3.00 bits per heavy atom. The second-order valence-corrected chi connectivity index (χ2v) is 6.34. The van der Waals surface area contributed by atoms with E-state index in [0.29, 0.717) is 12.0 Å². The van der Waals surface area contributed by atoms with Gasteiger partial charge in [0.2, 0.25) is 5.95 Å². The summed E-state index contributed by atoms with van der Waals surface area (Å²) in [6.45, 7) is 5.52. The van der Waals surface area contributed by atoms with Gasteiger partial charge in [0.05, 0.1) is 5.39 Å². The predicted molar refractivity (Wildman–Crippen MR) is 81.9 cm³/mol. The third-order valence-electron chi connectivity index (χ3n) is 3.86. The maximum Gasteiger partial charge on any atom is 0.223 e. The van der Waals surface area contributed by atoms with E-state index in [4.69, 9.17) is 5.73 Å². The summed E-state index contributed by atoms with van der Waals surface area (Å²) in [6.07, 6.45) is 4.82. The lowest BCUT2D eigenvalue weighted by Gasteiger charge is -2.34. The Balaban J connectivity index is 2.12. The molecule has 2 aromatic heterocycles. The number of rotatable bonds is 2. The molecule has 1 aliphatic rings. The van der Waals surface area contributed by atoms with E-state index in [1.807, 2.05) is 0 Å².